The van der Waals surface area contributed by atoms with Gasteiger partial charge in [-0.3, -0.25) is 0 Å². The highest BCUT2D eigenvalue weighted by molar-refractivity contribution is 5.32. The number of nitrogens with one attached hydrogen (secondary N) is 1. The van der Waals surface area contributed by atoms with Crippen molar-refractivity contribution in [1.82, 2.24) is 5.32 Å². The highest BCUT2D eigenvalue weighted by atomic mass is 16.5. The van der Waals surface area contributed by atoms with E-state index >= 15 is 0 Å². The quantitative estimate of drug-likeness (QED) is 0.661. The molecule has 0 aromatic heterocycles. The van der Waals surface area contributed by atoms with E-state index in [-0.39, 0.29) is 0 Å². The van der Waals surface area contributed by atoms with Gasteiger partial charge >= 0.3 is 0 Å². The molecule has 4 heteroatoms. The Balaban J connectivity index is 2.01. The van der Waals surface area contributed by atoms with Crippen molar-refractivity contribution in [3.8, 4) is 11.5 Å². The van der Waals surface area contributed by atoms with E-state index in [0.717, 1.165) is 37.6 Å². The molecule has 0 radical (unpaired) electrons. The molecule has 0 aliphatic carbocycles. The van der Waals surface area contributed by atoms with Crippen LogP contribution in [0.3, 0.4) is 0 Å². The van der Waals surface area contributed by atoms with Crippen LogP contribution in [0.4, 0.5) is 0 Å². The van der Waals surface area contributed by atoms with E-state index in [2.05, 4.69) is 19.2 Å². The smallest absolute Gasteiger partial charge is 0.123 e. The van der Waals surface area contributed by atoms with E-state index in [1.807, 2.05) is 24.3 Å². The van der Waals surface area contributed by atoms with Crippen molar-refractivity contribution in [2.24, 2.45) is 0 Å². The van der Waals surface area contributed by atoms with Gasteiger partial charge in [0.05, 0.1) is 13.2 Å². The number of hydrogen-bond acceptors (Lipinski definition) is 4. The summed E-state index contributed by atoms with van der Waals surface area (Å²) in [6, 6.07) is 7.64. The van der Waals surface area contributed by atoms with E-state index in [9.17, 15) is 0 Å². The molecule has 1 N–H and O–H groups in total. The first-order valence-electron chi connectivity index (χ1n) is 6.81. The van der Waals surface area contributed by atoms with E-state index in [4.69, 9.17) is 14.2 Å². The van der Waals surface area contributed by atoms with Crippen LogP contribution in [-0.4, -0.2) is 39.5 Å². The molecule has 0 aliphatic heterocycles. The molecule has 0 amide bonds. The largest absolute Gasteiger partial charge is 0.497 e. The molecule has 19 heavy (non-hydrogen) atoms. The second kappa shape index (κ2) is 9.64. The first-order chi connectivity index (χ1) is 9.22. The van der Waals surface area contributed by atoms with Crippen molar-refractivity contribution < 1.29 is 14.2 Å². The summed E-state index contributed by atoms with van der Waals surface area (Å²) in [4.78, 5) is 0. The lowest BCUT2D eigenvalue weighted by atomic mass is 10.3. The average Bonchev–Trinajstić information content (AvgIpc) is 2.41. The highest BCUT2D eigenvalue weighted by Gasteiger charge is 1.96. The molecule has 0 heterocycles. The molecule has 0 unspecified atom stereocenters. The zero-order chi connectivity index (χ0) is 13.9. The third-order valence-electron chi connectivity index (χ3n) is 2.54. The van der Waals surface area contributed by atoms with Crippen molar-refractivity contribution in [3.63, 3.8) is 0 Å². The monoisotopic (exact) mass is 267 g/mol. The van der Waals surface area contributed by atoms with Crippen molar-refractivity contribution >= 4 is 0 Å². The summed E-state index contributed by atoms with van der Waals surface area (Å²) >= 11 is 0. The minimum absolute atomic E-state index is 0.316. The fourth-order valence-electron chi connectivity index (χ4n) is 1.57. The summed E-state index contributed by atoms with van der Waals surface area (Å²) in [5, 5.41) is 3.32. The van der Waals surface area contributed by atoms with Crippen LogP contribution in [-0.2, 0) is 4.74 Å². The molecule has 0 saturated carbocycles. The van der Waals surface area contributed by atoms with Crippen molar-refractivity contribution in [1.29, 1.82) is 0 Å². The van der Waals surface area contributed by atoms with Gasteiger partial charge in [0.1, 0.15) is 18.1 Å². The molecule has 1 aromatic rings. The summed E-state index contributed by atoms with van der Waals surface area (Å²) in [6.45, 7) is 7.34. The predicted molar refractivity (Wildman–Crippen MR) is 77.1 cm³/mol. The minimum Gasteiger partial charge on any atom is -0.497 e. The lowest BCUT2D eigenvalue weighted by molar-refractivity contribution is 0.0770. The van der Waals surface area contributed by atoms with E-state index in [1.54, 1.807) is 7.11 Å². The van der Waals surface area contributed by atoms with Gasteiger partial charge < -0.3 is 19.5 Å². The molecule has 0 spiro atoms. The first-order valence-corrected chi connectivity index (χ1v) is 6.81. The van der Waals surface area contributed by atoms with Crippen LogP contribution in [0.5, 0.6) is 11.5 Å². The molecule has 1 aromatic carbocycles. The molecule has 108 valence electrons. The van der Waals surface area contributed by atoms with Crippen molar-refractivity contribution in [2.45, 2.75) is 26.4 Å². The Morgan fingerprint density at radius 2 is 1.89 bits per heavy atom. The van der Waals surface area contributed by atoms with Crippen LogP contribution in [0.15, 0.2) is 24.3 Å². The second-order valence-corrected chi connectivity index (χ2v) is 4.55. The summed E-state index contributed by atoms with van der Waals surface area (Å²) in [6.07, 6.45) is 1.34. The van der Waals surface area contributed by atoms with E-state index in [0.29, 0.717) is 12.7 Å². The molecule has 0 aliphatic rings. The average molecular weight is 267 g/mol. The van der Waals surface area contributed by atoms with Crippen LogP contribution in [0.1, 0.15) is 20.3 Å². The Kier molecular flexibility index (Phi) is 8.02. The van der Waals surface area contributed by atoms with Crippen LogP contribution in [0.2, 0.25) is 0 Å². The fraction of sp³-hybridized carbons (Fsp3) is 0.600. The minimum atomic E-state index is 0.316. The predicted octanol–water partition coefficient (Wildman–Crippen LogP) is 2.48. The van der Waals surface area contributed by atoms with Crippen LogP contribution in [0, 0.1) is 0 Å². The third-order valence-corrected chi connectivity index (χ3v) is 2.54. The van der Waals surface area contributed by atoms with E-state index in [1.165, 1.54) is 0 Å². The zero-order valence-corrected chi connectivity index (χ0v) is 12.1. The van der Waals surface area contributed by atoms with E-state index < -0.39 is 0 Å². The van der Waals surface area contributed by atoms with Gasteiger partial charge in [-0.25, -0.2) is 0 Å². The van der Waals surface area contributed by atoms with Gasteiger partial charge in [0.25, 0.3) is 0 Å². The summed E-state index contributed by atoms with van der Waals surface area (Å²) in [5.41, 5.74) is 0. The number of hydrogen-bond donors (Lipinski definition) is 1. The standard InChI is InChI=1S/C15H25NO3/c1-13(2)18-10-5-8-16-9-11-19-15-7-4-6-14(12-15)17-3/h4,6-7,12-13,16H,5,8-11H2,1-3H3. The van der Waals surface area contributed by atoms with Gasteiger partial charge in [-0.05, 0) is 38.9 Å². The Labute approximate surface area is 116 Å². The Hall–Kier alpha value is -1.26. The summed E-state index contributed by atoms with van der Waals surface area (Å²) < 4.78 is 16.2. The number of benzene rings is 1. The molecule has 0 atom stereocenters. The lowest BCUT2D eigenvalue weighted by Gasteiger charge is -2.09. The van der Waals surface area contributed by atoms with Gasteiger partial charge in [0, 0.05) is 19.2 Å². The maximum Gasteiger partial charge on any atom is 0.123 e. The van der Waals surface area contributed by atoms with Crippen molar-refractivity contribution in [3.05, 3.63) is 24.3 Å². The molecule has 0 fully saturated rings. The molecule has 4 nitrogen and oxygen atoms in total. The Bertz CT molecular complexity index is 342. The van der Waals surface area contributed by atoms with Crippen LogP contribution >= 0.6 is 0 Å². The molecular weight excluding hydrogens is 242 g/mol. The molecular formula is C15H25NO3. The third kappa shape index (κ3) is 7.70. The normalized spacial score (nSPS) is 10.7. The number of rotatable bonds is 10. The van der Waals surface area contributed by atoms with Gasteiger partial charge in [0.2, 0.25) is 0 Å². The second-order valence-electron chi connectivity index (χ2n) is 4.55. The van der Waals surface area contributed by atoms with Crippen molar-refractivity contribution in [2.75, 3.05) is 33.4 Å². The lowest BCUT2D eigenvalue weighted by Crippen LogP contribution is -2.23. The van der Waals surface area contributed by atoms with Crippen LogP contribution < -0.4 is 14.8 Å². The molecule has 0 saturated heterocycles. The van der Waals surface area contributed by atoms with Gasteiger partial charge in [-0.15, -0.1) is 0 Å². The number of ether oxygens (including phenoxy) is 3. The zero-order valence-electron chi connectivity index (χ0n) is 12.1. The maximum absolute atomic E-state index is 5.62. The molecule has 1 rings (SSSR count). The fourth-order valence-corrected chi connectivity index (χ4v) is 1.57. The highest BCUT2D eigenvalue weighted by Crippen LogP contribution is 2.18. The SMILES string of the molecule is COc1cccc(OCCNCCCOC(C)C)c1. The summed E-state index contributed by atoms with van der Waals surface area (Å²) in [7, 11) is 1.65. The van der Waals surface area contributed by atoms with Gasteiger partial charge in [0.15, 0.2) is 0 Å². The van der Waals surface area contributed by atoms with Gasteiger partial charge in [-0.2, -0.15) is 0 Å². The number of methoxy groups -OCH3 is 1. The Morgan fingerprint density at radius 1 is 1.11 bits per heavy atom. The van der Waals surface area contributed by atoms with Gasteiger partial charge in [-0.1, -0.05) is 6.07 Å². The topological polar surface area (TPSA) is 39.7 Å². The maximum atomic E-state index is 5.62. The van der Waals surface area contributed by atoms with Crippen LogP contribution in [0.25, 0.3) is 0 Å². The first kappa shape index (κ1) is 15.8. The Morgan fingerprint density at radius 3 is 2.63 bits per heavy atom. The summed E-state index contributed by atoms with van der Waals surface area (Å²) in [5.74, 6) is 1.65. The molecule has 0 bridgehead atoms.